The fraction of sp³-hybridized carbons (Fsp3) is 0. The standard InChI is InChI=1S/C13H8BClFNO6/c15-9-2-1-3-11(17(21)22)12(9)23-13(18)8-5-4-7(14(19)20)6-10(8)16/h1-6,19-20H. The fourth-order valence-corrected chi connectivity index (χ4v) is 1.96. The molecule has 0 saturated heterocycles. The van der Waals surface area contributed by atoms with Crippen LogP contribution in [0.2, 0.25) is 5.02 Å². The van der Waals surface area contributed by atoms with Crippen molar-refractivity contribution in [2.75, 3.05) is 0 Å². The van der Waals surface area contributed by atoms with E-state index in [-0.39, 0.29) is 10.5 Å². The Hall–Kier alpha value is -2.49. The first-order valence-corrected chi connectivity index (χ1v) is 6.49. The van der Waals surface area contributed by atoms with E-state index in [0.717, 1.165) is 24.3 Å². The Morgan fingerprint density at radius 2 is 2.00 bits per heavy atom. The van der Waals surface area contributed by atoms with E-state index in [1.165, 1.54) is 12.1 Å². The smallest absolute Gasteiger partial charge is 0.423 e. The summed E-state index contributed by atoms with van der Waals surface area (Å²) in [5.74, 6) is -2.79. The summed E-state index contributed by atoms with van der Waals surface area (Å²) in [7, 11) is -1.90. The predicted octanol–water partition coefficient (Wildman–Crippen LogP) is 1.29. The molecule has 2 aromatic rings. The topological polar surface area (TPSA) is 110 Å². The van der Waals surface area contributed by atoms with Crippen LogP contribution in [0.3, 0.4) is 0 Å². The highest BCUT2D eigenvalue weighted by molar-refractivity contribution is 6.58. The van der Waals surface area contributed by atoms with Crippen LogP contribution in [0.5, 0.6) is 5.75 Å². The number of benzene rings is 2. The van der Waals surface area contributed by atoms with E-state index < -0.39 is 40.8 Å². The highest BCUT2D eigenvalue weighted by atomic mass is 35.5. The number of carbonyl (C=O) groups excluding carboxylic acids is 1. The van der Waals surface area contributed by atoms with Crippen LogP contribution in [0.4, 0.5) is 10.1 Å². The molecule has 0 unspecified atom stereocenters. The molecule has 7 nitrogen and oxygen atoms in total. The number of nitro groups is 1. The Morgan fingerprint density at radius 3 is 2.57 bits per heavy atom. The van der Waals surface area contributed by atoms with Crippen molar-refractivity contribution in [2.45, 2.75) is 0 Å². The van der Waals surface area contributed by atoms with Gasteiger partial charge in [0.25, 0.3) is 0 Å². The van der Waals surface area contributed by atoms with E-state index in [0.29, 0.717) is 0 Å². The zero-order chi connectivity index (χ0) is 17.1. The Morgan fingerprint density at radius 1 is 1.30 bits per heavy atom. The monoisotopic (exact) mass is 339 g/mol. The van der Waals surface area contributed by atoms with Gasteiger partial charge in [-0.25, -0.2) is 9.18 Å². The minimum atomic E-state index is -1.90. The van der Waals surface area contributed by atoms with Crippen LogP contribution in [0.15, 0.2) is 36.4 Å². The van der Waals surface area contributed by atoms with Gasteiger partial charge in [0.2, 0.25) is 5.75 Å². The summed E-state index contributed by atoms with van der Waals surface area (Å²) in [5, 5.41) is 28.6. The summed E-state index contributed by atoms with van der Waals surface area (Å²) < 4.78 is 18.7. The molecule has 10 heteroatoms. The lowest BCUT2D eigenvalue weighted by atomic mass is 9.80. The molecule has 2 aromatic carbocycles. The van der Waals surface area contributed by atoms with Crippen molar-refractivity contribution < 1.29 is 28.9 Å². The lowest BCUT2D eigenvalue weighted by Gasteiger charge is -2.08. The van der Waals surface area contributed by atoms with E-state index in [2.05, 4.69) is 0 Å². The predicted molar refractivity (Wildman–Crippen MR) is 79.3 cm³/mol. The van der Waals surface area contributed by atoms with Gasteiger partial charge in [0.05, 0.1) is 15.5 Å². The van der Waals surface area contributed by atoms with Crippen LogP contribution in [0.25, 0.3) is 0 Å². The van der Waals surface area contributed by atoms with E-state index in [9.17, 15) is 19.3 Å². The second-order valence-electron chi connectivity index (χ2n) is 4.35. The summed E-state index contributed by atoms with van der Waals surface area (Å²) in [6, 6.07) is 6.47. The number of esters is 1. The van der Waals surface area contributed by atoms with Crippen molar-refractivity contribution in [1.82, 2.24) is 0 Å². The van der Waals surface area contributed by atoms with Gasteiger partial charge >= 0.3 is 18.8 Å². The number of halogens is 2. The minimum absolute atomic E-state index is 0.164. The molecule has 2 rings (SSSR count). The molecule has 0 atom stereocenters. The van der Waals surface area contributed by atoms with E-state index in [1.54, 1.807) is 0 Å². The molecule has 0 spiro atoms. The first kappa shape index (κ1) is 16.9. The Balaban J connectivity index is 2.35. The molecule has 0 aliphatic heterocycles. The minimum Gasteiger partial charge on any atom is -0.423 e. The molecule has 0 aliphatic rings. The number of hydrogen-bond acceptors (Lipinski definition) is 6. The van der Waals surface area contributed by atoms with Crippen LogP contribution >= 0.6 is 11.6 Å². The van der Waals surface area contributed by atoms with Gasteiger partial charge in [-0.05, 0) is 23.7 Å². The Bertz CT molecular complexity index is 785. The van der Waals surface area contributed by atoms with Gasteiger partial charge in [0.1, 0.15) is 5.82 Å². The molecular formula is C13H8BClFNO6. The van der Waals surface area contributed by atoms with E-state index in [1.807, 2.05) is 0 Å². The number of hydrogen-bond donors (Lipinski definition) is 2. The van der Waals surface area contributed by atoms with Crippen molar-refractivity contribution >= 4 is 35.8 Å². The third-order valence-corrected chi connectivity index (χ3v) is 3.15. The highest BCUT2D eigenvalue weighted by Gasteiger charge is 2.24. The molecule has 0 bridgehead atoms. The summed E-state index contributed by atoms with van der Waals surface area (Å²) >= 11 is 5.77. The summed E-state index contributed by atoms with van der Waals surface area (Å²) in [4.78, 5) is 22.1. The van der Waals surface area contributed by atoms with Gasteiger partial charge in [-0.15, -0.1) is 0 Å². The van der Waals surface area contributed by atoms with Gasteiger partial charge in [-0.2, -0.15) is 0 Å². The van der Waals surface area contributed by atoms with Crippen molar-refractivity contribution in [3.05, 3.63) is 62.9 Å². The first-order chi connectivity index (χ1) is 10.8. The van der Waals surface area contributed by atoms with Gasteiger partial charge in [0.15, 0.2) is 0 Å². The Kier molecular flexibility index (Phi) is 4.94. The normalized spacial score (nSPS) is 10.3. The van der Waals surface area contributed by atoms with E-state index >= 15 is 0 Å². The molecule has 2 N–H and O–H groups in total. The van der Waals surface area contributed by atoms with Gasteiger partial charge in [-0.1, -0.05) is 23.7 Å². The van der Waals surface area contributed by atoms with Gasteiger partial charge < -0.3 is 14.8 Å². The van der Waals surface area contributed by atoms with Crippen molar-refractivity contribution in [3.63, 3.8) is 0 Å². The van der Waals surface area contributed by atoms with Crippen LogP contribution in [-0.4, -0.2) is 28.1 Å². The van der Waals surface area contributed by atoms with Crippen molar-refractivity contribution in [3.8, 4) is 5.75 Å². The summed E-state index contributed by atoms with van der Waals surface area (Å²) in [6.07, 6.45) is 0. The maximum Gasteiger partial charge on any atom is 0.488 e. The van der Waals surface area contributed by atoms with Crippen LogP contribution < -0.4 is 10.2 Å². The summed E-state index contributed by atoms with van der Waals surface area (Å²) in [6.45, 7) is 0. The molecule has 0 aliphatic carbocycles. The molecule has 118 valence electrons. The van der Waals surface area contributed by atoms with Crippen LogP contribution in [0, 0.1) is 15.9 Å². The van der Waals surface area contributed by atoms with Crippen LogP contribution in [-0.2, 0) is 0 Å². The molecule has 23 heavy (non-hydrogen) atoms. The second kappa shape index (κ2) is 6.74. The molecule has 0 radical (unpaired) electrons. The fourth-order valence-electron chi connectivity index (χ4n) is 1.75. The van der Waals surface area contributed by atoms with Gasteiger partial charge in [0, 0.05) is 6.07 Å². The number of para-hydroxylation sites is 1. The molecule has 0 saturated carbocycles. The molecule has 0 fully saturated rings. The average molecular weight is 339 g/mol. The lowest BCUT2D eigenvalue weighted by Crippen LogP contribution is -2.30. The number of rotatable bonds is 4. The Labute approximate surface area is 134 Å². The number of carbonyl (C=O) groups is 1. The zero-order valence-electron chi connectivity index (χ0n) is 11.3. The van der Waals surface area contributed by atoms with Crippen LogP contribution in [0.1, 0.15) is 10.4 Å². The maximum atomic E-state index is 13.8. The summed E-state index contributed by atoms with van der Waals surface area (Å²) in [5.41, 5.74) is -1.25. The second-order valence-corrected chi connectivity index (χ2v) is 4.75. The third kappa shape index (κ3) is 3.65. The maximum absolute atomic E-state index is 13.8. The SMILES string of the molecule is O=C(Oc1c(Cl)cccc1[N+](=O)[O-])c1ccc(B(O)O)cc1F. The highest BCUT2D eigenvalue weighted by Crippen LogP contribution is 2.35. The van der Waals surface area contributed by atoms with Gasteiger partial charge in [-0.3, -0.25) is 10.1 Å². The number of nitrogens with zero attached hydrogens (tertiary/aromatic N) is 1. The number of nitro benzene ring substituents is 1. The zero-order valence-corrected chi connectivity index (χ0v) is 12.0. The average Bonchev–Trinajstić information content (AvgIpc) is 2.48. The van der Waals surface area contributed by atoms with E-state index in [4.69, 9.17) is 26.4 Å². The third-order valence-electron chi connectivity index (χ3n) is 2.85. The lowest BCUT2D eigenvalue weighted by molar-refractivity contribution is -0.385. The quantitative estimate of drug-likeness (QED) is 0.285. The van der Waals surface area contributed by atoms with Crippen molar-refractivity contribution in [2.24, 2.45) is 0 Å². The number of ether oxygens (including phenoxy) is 1. The molecule has 0 amide bonds. The largest absolute Gasteiger partial charge is 0.488 e. The first-order valence-electron chi connectivity index (χ1n) is 6.12. The van der Waals surface area contributed by atoms with Crippen molar-refractivity contribution in [1.29, 1.82) is 0 Å². The molecular weight excluding hydrogens is 331 g/mol. The molecule has 0 heterocycles. The molecule has 0 aromatic heterocycles.